The van der Waals surface area contributed by atoms with Crippen molar-refractivity contribution in [3.63, 3.8) is 0 Å². The fraction of sp³-hybridized carbons (Fsp3) is 0.571. The molecule has 2 heteroatoms. The van der Waals surface area contributed by atoms with Gasteiger partial charge >= 0.3 is 0 Å². The Labute approximate surface area is 103 Å². The van der Waals surface area contributed by atoms with Crippen molar-refractivity contribution in [2.24, 2.45) is 5.73 Å². The minimum Gasteiger partial charge on any atom is -0.325 e. The van der Waals surface area contributed by atoms with Crippen molar-refractivity contribution in [3.05, 3.63) is 34.3 Å². The summed E-state index contributed by atoms with van der Waals surface area (Å²) in [6.45, 7) is 2.06. The third-order valence-corrected chi connectivity index (χ3v) is 3.95. The largest absolute Gasteiger partial charge is 0.325 e. The van der Waals surface area contributed by atoms with Crippen LogP contribution in [-0.2, 0) is 6.42 Å². The van der Waals surface area contributed by atoms with Crippen LogP contribution in [-0.4, -0.2) is 5.54 Å². The van der Waals surface area contributed by atoms with Crippen molar-refractivity contribution in [2.45, 2.75) is 51.0 Å². The summed E-state index contributed by atoms with van der Waals surface area (Å²) >= 11 is 6.26. The highest BCUT2D eigenvalue weighted by atomic mass is 35.5. The number of benzene rings is 1. The normalized spacial score (nSPS) is 19.7. The lowest BCUT2D eigenvalue weighted by Crippen LogP contribution is -2.43. The molecule has 16 heavy (non-hydrogen) atoms. The number of halogens is 1. The Morgan fingerprint density at radius 2 is 1.94 bits per heavy atom. The third-order valence-electron chi connectivity index (χ3n) is 3.60. The zero-order chi connectivity index (χ0) is 11.6. The molecule has 0 saturated heterocycles. The summed E-state index contributed by atoms with van der Waals surface area (Å²) in [5.41, 5.74) is 8.84. The van der Waals surface area contributed by atoms with Crippen molar-refractivity contribution >= 4 is 11.6 Å². The van der Waals surface area contributed by atoms with Crippen molar-refractivity contribution < 1.29 is 0 Å². The Balaban J connectivity index is 2.13. The van der Waals surface area contributed by atoms with Crippen molar-refractivity contribution in [3.8, 4) is 0 Å². The molecule has 0 aliphatic heterocycles. The van der Waals surface area contributed by atoms with Gasteiger partial charge in [-0.25, -0.2) is 0 Å². The maximum Gasteiger partial charge on any atom is 0.0441 e. The summed E-state index contributed by atoms with van der Waals surface area (Å²) < 4.78 is 0. The zero-order valence-corrected chi connectivity index (χ0v) is 10.7. The first-order valence-corrected chi connectivity index (χ1v) is 6.51. The smallest absolute Gasteiger partial charge is 0.0441 e. The van der Waals surface area contributed by atoms with Gasteiger partial charge < -0.3 is 5.73 Å². The highest BCUT2D eigenvalue weighted by Gasteiger charge is 2.28. The predicted octanol–water partition coefficient (Wildman–Crippen LogP) is 3.85. The molecular formula is C14H20ClN. The molecule has 0 spiro atoms. The van der Waals surface area contributed by atoms with Crippen LogP contribution in [0.15, 0.2) is 18.2 Å². The molecule has 2 rings (SSSR count). The quantitative estimate of drug-likeness (QED) is 0.831. The van der Waals surface area contributed by atoms with Gasteiger partial charge in [-0.1, -0.05) is 43.0 Å². The van der Waals surface area contributed by atoms with E-state index in [1.54, 1.807) is 0 Å². The van der Waals surface area contributed by atoms with Crippen LogP contribution in [0.3, 0.4) is 0 Å². The van der Waals surface area contributed by atoms with Crippen molar-refractivity contribution in [1.29, 1.82) is 0 Å². The lowest BCUT2D eigenvalue weighted by atomic mass is 9.78. The number of nitrogens with two attached hydrogens (primary N) is 1. The molecule has 1 aliphatic carbocycles. The molecule has 0 atom stereocenters. The number of aryl methyl sites for hydroxylation is 1. The van der Waals surface area contributed by atoms with E-state index in [4.69, 9.17) is 17.3 Å². The first-order valence-electron chi connectivity index (χ1n) is 6.13. The van der Waals surface area contributed by atoms with E-state index < -0.39 is 0 Å². The maximum atomic E-state index is 6.44. The molecule has 1 aromatic rings. The van der Waals surface area contributed by atoms with Gasteiger partial charge in [0.25, 0.3) is 0 Å². The monoisotopic (exact) mass is 237 g/mol. The van der Waals surface area contributed by atoms with Crippen molar-refractivity contribution in [2.75, 3.05) is 0 Å². The lowest BCUT2D eigenvalue weighted by Gasteiger charge is -2.33. The second-order valence-electron chi connectivity index (χ2n) is 5.19. The first-order chi connectivity index (χ1) is 7.59. The van der Waals surface area contributed by atoms with Crippen LogP contribution in [0.2, 0.25) is 5.02 Å². The highest BCUT2D eigenvalue weighted by Crippen LogP contribution is 2.31. The second kappa shape index (κ2) is 4.77. The molecule has 0 unspecified atom stereocenters. The van der Waals surface area contributed by atoms with Gasteiger partial charge in [0.1, 0.15) is 0 Å². The molecule has 1 saturated carbocycles. The maximum absolute atomic E-state index is 6.44. The lowest BCUT2D eigenvalue weighted by molar-refractivity contribution is 0.294. The summed E-state index contributed by atoms with van der Waals surface area (Å²) in [5.74, 6) is 0. The molecule has 0 amide bonds. The summed E-state index contributed by atoms with van der Waals surface area (Å²) in [7, 11) is 0. The standard InChI is InChI=1S/C14H20ClN/c1-11-5-6-12(13(15)9-11)10-14(16)7-3-2-4-8-14/h5-6,9H,2-4,7-8,10,16H2,1H3. The molecule has 0 radical (unpaired) electrons. The topological polar surface area (TPSA) is 26.0 Å². The Morgan fingerprint density at radius 1 is 1.25 bits per heavy atom. The molecule has 2 N–H and O–H groups in total. The van der Waals surface area contributed by atoms with Gasteiger partial charge in [-0.15, -0.1) is 0 Å². The number of hydrogen-bond donors (Lipinski definition) is 1. The number of hydrogen-bond acceptors (Lipinski definition) is 1. The van der Waals surface area contributed by atoms with Crippen molar-refractivity contribution in [1.82, 2.24) is 0 Å². The van der Waals surface area contributed by atoms with Crippen LogP contribution in [0.5, 0.6) is 0 Å². The Hall–Kier alpha value is -0.530. The Morgan fingerprint density at radius 3 is 2.56 bits per heavy atom. The van der Waals surface area contributed by atoms with Crippen LogP contribution in [0.4, 0.5) is 0 Å². The third kappa shape index (κ3) is 2.78. The van der Waals surface area contributed by atoms with Crippen LogP contribution in [0.25, 0.3) is 0 Å². The van der Waals surface area contributed by atoms with Gasteiger partial charge in [0.05, 0.1) is 0 Å². The Kier molecular flexibility index (Phi) is 3.56. The van der Waals surface area contributed by atoms with Crippen LogP contribution in [0.1, 0.15) is 43.2 Å². The van der Waals surface area contributed by atoms with Gasteiger partial charge in [0, 0.05) is 10.6 Å². The molecule has 0 heterocycles. The van der Waals surface area contributed by atoms with Crippen LogP contribution in [0, 0.1) is 6.92 Å². The summed E-state index contributed by atoms with van der Waals surface area (Å²) in [6.07, 6.45) is 7.06. The SMILES string of the molecule is Cc1ccc(CC2(N)CCCCC2)c(Cl)c1. The molecule has 88 valence electrons. The van der Waals surface area contributed by atoms with E-state index >= 15 is 0 Å². The molecule has 1 nitrogen and oxygen atoms in total. The van der Waals surface area contributed by atoms with E-state index in [9.17, 15) is 0 Å². The summed E-state index contributed by atoms with van der Waals surface area (Å²) in [6, 6.07) is 6.28. The van der Waals surface area contributed by atoms with Gasteiger partial charge in [-0.2, -0.15) is 0 Å². The molecule has 1 aliphatic rings. The average molecular weight is 238 g/mol. The number of rotatable bonds is 2. The molecular weight excluding hydrogens is 218 g/mol. The van der Waals surface area contributed by atoms with Crippen LogP contribution < -0.4 is 5.73 Å². The van der Waals surface area contributed by atoms with Crippen LogP contribution >= 0.6 is 11.6 Å². The molecule has 1 fully saturated rings. The summed E-state index contributed by atoms with van der Waals surface area (Å²) in [5, 5.41) is 0.871. The van der Waals surface area contributed by atoms with E-state index in [0.29, 0.717) is 0 Å². The predicted molar refractivity (Wildman–Crippen MR) is 69.9 cm³/mol. The van der Waals surface area contributed by atoms with Gasteiger partial charge in [-0.05, 0) is 43.4 Å². The fourth-order valence-corrected chi connectivity index (χ4v) is 2.91. The summed E-state index contributed by atoms with van der Waals surface area (Å²) in [4.78, 5) is 0. The first kappa shape index (κ1) is 11.9. The van der Waals surface area contributed by atoms with Gasteiger partial charge in [0.15, 0.2) is 0 Å². The second-order valence-corrected chi connectivity index (χ2v) is 5.60. The minimum absolute atomic E-state index is 0.0167. The van der Waals surface area contributed by atoms with E-state index in [1.807, 2.05) is 6.07 Å². The zero-order valence-electron chi connectivity index (χ0n) is 9.93. The van der Waals surface area contributed by atoms with E-state index in [-0.39, 0.29) is 5.54 Å². The van der Waals surface area contributed by atoms with E-state index in [1.165, 1.54) is 30.4 Å². The highest BCUT2D eigenvalue weighted by molar-refractivity contribution is 6.31. The fourth-order valence-electron chi connectivity index (χ4n) is 2.61. The van der Waals surface area contributed by atoms with E-state index in [2.05, 4.69) is 19.1 Å². The Bertz CT molecular complexity index is 367. The molecule has 0 aromatic heterocycles. The van der Waals surface area contributed by atoms with E-state index in [0.717, 1.165) is 24.3 Å². The van der Waals surface area contributed by atoms with Gasteiger partial charge in [0.2, 0.25) is 0 Å². The minimum atomic E-state index is -0.0167. The molecule has 1 aromatic carbocycles. The van der Waals surface area contributed by atoms with Gasteiger partial charge in [-0.3, -0.25) is 0 Å². The average Bonchev–Trinajstić information content (AvgIpc) is 2.23. The molecule has 0 bridgehead atoms.